The standard InChI is InChI=1S/C22H29FN4O4/c1-22(2,3)31-21(30)26-12-10-25(11-13-26)19-20(29)27(15-17(24-19)5-4-14-28)18-8-6-16(23)7-9-18/h6-9,15,28H,4-5,10-14H2,1-3H3. The molecule has 2 heterocycles. The van der Waals surface area contributed by atoms with Gasteiger partial charge in [-0.1, -0.05) is 0 Å². The van der Waals surface area contributed by atoms with Gasteiger partial charge in [0.05, 0.1) is 5.69 Å². The van der Waals surface area contributed by atoms with Crippen LogP contribution in [0.2, 0.25) is 0 Å². The third-order valence-corrected chi connectivity index (χ3v) is 4.86. The van der Waals surface area contributed by atoms with Gasteiger partial charge >= 0.3 is 6.09 Å². The van der Waals surface area contributed by atoms with E-state index < -0.39 is 5.60 Å². The maximum Gasteiger partial charge on any atom is 0.410 e. The SMILES string of the molecule is CC(C)(C)OC(=O)N1CCN(c2nc(CCCO)cn(-c3ccc(F)cc3)c2=O)CC1. The van der Waals surface area contributed by atoms with E-state index in [2.05, 4.69) is 4.98 Å². The van der Waals surface area contributed by atoms with E-state index in [1.807, 2.05) is 25.7 Å². The van der Waals surface area contributed by atoms with Gasteiger partial charge in [-0.15, -0.1) is 0 Å². The molecule has 1 aliphatic rings. The fourth-order valence-corrected chi connectivity index (χ4v) is 3.34. The van der Waals surface area contributed by atoms with E-state index in [1.54, 1.807) is 11.1 Å². The summed E-state index contributed by atoms with van der Waals surface area (Å²) in [6, 6.07) is 5.68. The summed E-state index contributed by atoms with van der Waals surface area (Å²) in [7, 11) is 0. The molecule has 1 aliphatic heterocycles. The lowest BCUT2D eigenvalue weighted by molar-refractivity contribution is 0.0240. The van der Waals surface area contributed by atoms with E-state index in [9.17, 15) is 19.1 Å². The van der Waals surface area contributed by atoms with Gasteiger partial charge in [0.15, 0.2) is 5.82 Å². The van der Waals surface area contributed by atoms with Crippen LogP contribution >= 0.6 is 0 Å². The molecule has 0 saturated carbocycles. The Morgan fingerprint density at radius 1 is 1.16 bits per heavy atom. The maximum atomic E-state index is 13.3. The molecule has 3 rings (SSSR count). The fourth-order valence-electron chi connectivity index (χ4n) is 3.34. The zero-order valence-corrected chi connectivity index (χ0v) is 18.2. The van der Waals surface area contributed by atoms with Gasteiger partial charge in [0, 0.05) is 44.7 Å². The average molecular weight is 432 g/mol. The Balaban J connectivity index is 1.85. The molecule has 1 amide bonds. The number of amides is 1. The highest BCUT2D eigenvalue weighted by Crippen LogP contribution is 2.16. The zero-order valence-electron chi connectivity index (χ0n) is 18.2. The summed E-state index contributed by atoms with van der Waals surface area (Å²) in [6.45, 7) is 7.17. The smallest absolute Gasteiger partial charge is 0.410 e. The molecule has 0 atom stereocenters. The number of aryl methyl sites for hydroxylation is 1. The van der Waals surface area contributed by atoms with E-state index in [0.717, 1.165) is 0 Å². The maximum absolute atomic E-state index is 13.3. The second-order valence-corrected chi connectivity index (χ2v) is 8.49. The quantitative estimate of drug-likeness (QED) is 0.781. The monoisotopic (exact) mass is 432 g/mol. The van der Waals surface area contributed by atoms with E-state index in [-0.39, 0.29) is 29.9 Å². The predicted molar refractivity (Wildman–Crippen MR) is 115 cm³/mol. The van der Waals surface area contributed by atoms with Crippen molar-refractivity contribution in [2.75, 3.05) is 37.7 Å². The van der Waals surface area contributed by atoms with Crippen molar-refractivity contribution in [1.29, 1.82) is 0 Å². The second kappa shape index (κ2) is 9.47. The van der Waals surface area contributed by atoms with Crippen molar-refractivity contribution in [3.8, 4) is 5.69 Å². The summed E-state index contributed by atoms with van der Waals surface area (Å²) in [5.74, 6) is -0.103. The van der Waals surface area contributed by atoms with Crippen LogP contribution in [0.5, 0.6) is 0 Å². The highest BCUT2D eigenvalue weighted by Gasteiger charge is 2.28. The van der Waals surface area contributed by atoms with Crippen LogP contribution < -0.4 is 10.5 Å². The molecule has 1 N–H and O–H groups in total. The molecule has 168 valence electrons. The first kappa shape index (κ1) is 22.7. The Bertz CT molecular complexity index is 961. The van der Waals surface area contributed by atoms with Crippen molar-refractivity contribution in [1.82, 2.24) is 14.5 Å². The third-order valence-electron chi connectivity index (χ3n) is 4.86. The highest BCUT2D eigenvalue weighted by atomic mass is 19.1. The van der Waals surface area contributed by atoms with E-state index in [0.29, 0.717) is 50.4 Å². The normalized spacial score (nSPS) is 14.6. The molecule has 8 nitrogen and oxygen atoms in total. The molecule has 0 aliphatic carbocycles. The molecule has 0 radical (unpaired) electrons. The number of piperazine rings is 1. The van der Waals surface area contributed by atoms with E-state index >= 15 is 0 Å². The highest BCUT2D eigenvalue weighted by molar-refractivity contribution is 5.68. The summed E-state index contributed by atoms with van der Waals surface area (Å²) in [6.07, 6.45) is 2.27. The first-order valence-corrected chi connectivity index (χ1v) is 10.4. The van der Waals surface area contributed by atoms with E-state index in [1.165, 1.54) is 28.8 Å². The molecule has 2 aromatic rings. The molecule has 9 heteroatoms. The van der Waals surface area contributed by atoms with Crippen molar-refractivity contribution < 1.29 is 19.0 Å². The number of aliphatic hydroxyl groups is 1. The molecular weight excluding hydrogens is 403 g/mol. The Labute approximate surface area is 180 Å². The minimum Gasteiger partial charge on any atom is -0.444 e. The van der Waals surface area contributed by atoms with Gasteiger partial charge in [-0.2, -0.15) is 0 Å². The van der Waals surface area contributed by atoms with Crippen LogP contribution in [-0.4, -0.2) is 64.0 Å². The Morgan fingerprint density at radius 2 is 1.81 bits per heavy atom. The summed E-state index contributed by atoms with van der Waals surface area (Å²) >= 11 is 0. The van der Waals surface area contributed by atoms with Gasteiger partial charge in [-0.3, -0.25) is 9.36 Å². The van der Waals surface area contributed by atoms with Crippen LogP contribution in [0.3, 0.4) is 0 Å². The molecule has 1 fully saturated rings. The number of anilines is 1. The van der Waals surface area contributed by atoms with Crippen LogP contribution in [0.1, 0.15) is 32.9 Å². The van der Waals surface area contributed by atoms with Crippen molar-refractivity contribution in [3.05, 3.63) is 52.3 Å². The number of rotatable bonds is 5. The van der Waals surface area contributed by atoms with Gasteiger partial charge in [0.2, 0.25) is 0 Å². The number of carbonyl (C=O) groups excluding carboxylic acids is 1. The number of hydrogen-bond acceptors (Lipinski definition) is 6. The lowest BCUT2D eigenvalue weighted by Gasteiger charge is -2.36. The molecule has 31 heavy (non-hydrogen) atoms. The summed E-state index contributed by atoms with van der Waals surface area (Å²) in [4.78, 5) is 33.5. The second-order valence-electron chi connectivity index (χ2n) is 8.49. The van der Waals surface area contributed by atoms with Crippen molar-refractivity contribution in [3.63, 3.8) is 0 Å². The molecular formula is C22H29FN4O4. The largest absolute Gasteiger partial charge is 0.444 e. The molecule has 1 aromatic carbocycles. The summed E-state index contributed by atoms with van der Waals surface area (Å²) in [5, 5.41) is 9.18. The number of ether oxygens (including phenoxy) is 1. The molecule has 0 bridgehead atoms. The number of aromatic nitrogens is 2. The summed E-state index contributed by atoms with van der Waals surface area (Å²) < 4.78 is 20.2. The van der Waals surface area contributed by atoms with Crippen LogP contribution in [0.4, 0.5) is 15.0 Å². The molecule has 1 saturated heterocycles. The number of carbonyl (C=O) groups is 1. The van der Waals surface area contributed by atoms with Crippen LogP contribution in [0.25, 0.3) is 5.69 Å². The summed E-state index contributed by atoms with van der Waals surface area (Å²) in [5.41, 5.74) is 0.306. The van der Waals surface area contributed by atoms with Crippen molar-refractivity contribution in [2.45, 2.75) is 39.2 Å². The van der Waals surface area contributed by atoms with Crippen LogP contribution in [0, 0.1) is 5.82 Å². The number of aliphatic hydroxyl groups excluding tert-OH is 1. The lowest BCUT2D eigenvalue weighted by Crippen LogP contribution is -2.51. The van der Waals surface area contributed by atoms with Gasteiger partial charge in [0.25, 0.3) is 5.56 Å². The number of halogens is 1. The Morgan fingerprint density at radius 3 is 2.39 bits per heavy atom. The number of hydrogen-bond donors (Lipinski definition) is 1. The predicted octanol–water partition coefficient (Wildman–Crippen LogP) is 2.35. The van der Waals surface area contributed by atoms with Gasteiger partial charge in [-0.05, 0) is 57.9 Å². The number of nitrogens with zero attached hydrogens (tertiary/aromatic N) is 4. The first-order chi connectivity index (χ1) is 14.7. The van der Waals surface area contributed by atoms with Crippen molar-refractivity contribution >= 4 is 11.9 Å². The average Bonchev–Trinajstić information content (AvgIpc) is 2.72. The van der Waals surface area contributed by atoms with E-state index in [4.69, 9.17) is 4.74 Å². The first-order valence-electron chi connectivity index (χ1n) is 10.4. The molecule has 0 unspecified atom stereocenters. The molecule has 0 spiro atoms. The molecule has 1 aromatic heterocycles. The minimum atomic E-state index is -0.570. The van der Waals surface area contributed by atoms with Crippen LogP contribution in [0.15, 0.2) is 35.3 Å². The topological polar surface area (TPSA) is 87.9 Å². The van der Waals surface area contributed by atoms with Gasteiger partial charge in [-0.25, -0.2) is 14.2 Å². The third kappa shape index (κ3) is 5.81. The fraction of sp³-hybridized carbons (Fsp3) is 0.500. The minimum absolute atomic E-state index is 0.0151. The van der Waals surface area contributed by atoms with Gasteiger partial charge < -0.3 is 19.6 Å². The Kier molecular flexibility index (Phi) is 6.94. The lowest BCUT2D eigenvalue weighted by atomic mass is 10.2. The zero-order chi connectivity index (χ0) is 22.6. The van der Waals surface area contributed by atoms with Crippen molar-refractivity contribution in [2.24, 2.45) is 0 Å². The van der Waals surface area contributed by atoms with Gasteiger partial charge in [0.1, 0.15) is 11.4 Å². The Hall–Kier alpha value is -2.94. The number of benzene rings is 1. The van der Waals surface area contributed by atoms with Crippen LogP contribution in [-0.2, 0) is 11.2 Å².